The van der Waals surface area contributed by atoms with Crippen molar-refractivity contribution >= 4 is 12.1 Å². The van der Waals surface area contributed by atoms with E-state index in [1.165, 1.54) is 0 Å². The third-order valence-corrected chi connectivity index (χ3v) is 4.12. The fraction of sp³-hybridized carbons (Fsp3) is 0.222. The van der Waals surface area contributed by atoms with Gasteiger partial charge in [-0.2, -0.15) is 0 Å². The Morgan fingerprint density at radius 1 is 1.04 bits per heavy atom. The third kappa shape index (κ3) is 3.62. The summed E-state index contributed by atoms with van der Waals surface area (Å²) in [5.74, 6) is -1.41. The van der Waals surface area contributed by atoms with E-state index in [9.17, 15) is 9.59 Å². The number of rotatable bonds is 5. The maximum absolute atomic E-state index is 11.8. The van der Waals surface area contributed by atoms with Gasteiger partial charge in [-0.3, -0.25) is 0 Å². The second-order valence-corrected chi connectivity index (χ2v) is 5.54. The van der Waals surface area contributed by atoms with Crippen molar-refractivity contribution in [3.8, 4) is 11.1 Å². The number of fused-ring (bicyclic) bond motifs is 3. The highest BCUT2D eigenvalue weighted by atomic mass is 16.5. The Bertz CT molecular complexity index is 730. The normalized spacial score (nSPS) is 13.2. The SMILES string of the molecule is O.O=C(N[C@@H](CO)C(=O)O)OCC1c2ccccc2-c2ccccc21. The van der Waals surface area contributed by atoms with Crippen LogP contribution in [0.2, 0.25) is 0 Å². The zero-order chi connectivity index (χ0) is 17.1. The summed E-state index contributed by atoms with van der Waals surface area (Å²) in [6.45, 7) is -0.600. The average Bonchev–Trinajstić information content (AvgIpc) is 2.91. The fourth-order valence-corrected chi connectivity index (χ4v) is 2.97. The highest BCUT2D eigenvalue weighted by Gasteiger charge is 2.29. The second-order valence-electron chi connectivity index (χ2n) is 5.54. The lowest BCUT2D eigenvalue weighted by Gasteiger charge is -2.16. The lowest BCUT2D eigenvalue weighted by Crippen LogP contribution is -2.43. The second kappa shape index (κ2) is 7.78. The zero-order valence-corrected chi connectivity index (χ0v) is 13.3. The summed E-state index contributed by atoms with van der Waals surface area (Å²) < 4.78 is 5.20. The highest BCUT2D eigenvalue weighted by molar-refractivity contribution is 5.81. The molecule has 0 bridgehead atoms. The van der Waals surface area contributed by atoms with Crippen LogP contribution in [0.3, 0.4) is 0 Å². The van der Waals surface area contributed by atoms with Crippen LogP contribution in [0.15, 0.2) is 48.5 Å². The van der Waals surface area contributed by atoms with Crippen molar-refractivity contribution in [2.75, 3.05) is 13.2 Å². The van der Waals surface area contributed by atoms with Crippen molar-refractivity contribution in [2.24, 2.45) is 0 Å². The van der Waals surface area contributed by atoms with E-state index >= 15 is 0 Å². The number of hydrogen-bond donors (Lipinski definition) is 3. The Morgan fingerprint density at radius 2 is 1.56 bits per heavy atom. The number of aliphatic hydroxyl groups is 1. The number of carbonyl (C=O) groups excluding carboxylic acids is 1. The minimum absolute atomic E-state index is 0. The highest BCUT2D eigenvalue weighted by Crippen LogP contribution is 2.44. The van der Waals surface area contributed by atoms with Crippen molar-refractivity contribution < 1.29 is 30.0 Å². The number of carboxylic acids is 1. The third-order valence-electron chi connectivity index (χ3n) is 4.12. The van der Waals surface area contributed by atoms with Crippen LogP contribution in [0.1, 0.15) is 17.0 Å². The van der Waals surface area contributed by atoms with Gasteiger partial charge in [-0.05, 0) is 22.3 Å². The molecule has 1 aliphatic carbocycles. The maximum Gasteiger partial charge on any atom is 0.407 e. The Balaban J connectivity index is 0.00000225. The number of hydrogen-bond acceptors (Lipinski definition) is 4. The van der Waals surface area contributed by atoms with E-state index in [0.717, 1.165) is 22.3 Å². The molecule has 7 nitrogen and oxygen atoms in total. The van der Waals surface area contributed by atoms with E-state index in [-0.39, 0.29) is 18.0 Å². The first-order valence-electron chi connectivity index (χ1n) is 7.57. The van der Waals surface area contributed by atoms with Gasteiger partial charge in [-0.15, -0.1) is 0 Å². The monoisotopic (exact) mass is 345 g/mol. The molecule has 2 aromatic rings. The van der Waals surface area contributed by atoms with Crippen LogP contribution in [-0.4, -0.2) is 47.0 Å². The largest absolute Gasteiger partial charge is 0.480 e. The lowest BCUT2D eigenvalue weighted by molar-refractivity contribution is -0.140. The van der Waals surface area contributed by atoms with Crippen LogP contribution in [0.5, 0.6) is 0 Å². The first-order valence-corrected chi connectivity index (χ1v) is 7.57. The van der Waals surface area contributed by atoms with Gasteiger partial charge in [0.05, 0.1) is 6.61 Å². The van der Waals surface area contributed by atoms with E-state index in [1.807, 2.05) is 48.5 Å². The molecule has 0 spiro atoms. The minimum atomic E-state index is -1.37. The van der Waals surface area contributed by atoms with E-state index in [4.69, 9.17) is 14.9 Å². The molecule has 0 saturated heterocycles. The molecular weight excluding hydrogens is 326 g/mol. The molecular formula is C18H19NO6. The van der Waals surface area contributed by atoms with Crippen molar-refractivity contribution in [3.63, 3.8) is 0 Å². The van der Waals surface area contributed by atoms with Gasteiger partial charge in [0.2, 0.25) is 0 Å². The molecule has 3 rings (SSSR count). The summed E-state index contributed by atoms with van der Waals surface area (Å²) in [7, 11) is 0. The number of aliphatic hydroxyl groups excluding tert-OH is 1. The smallest absolute Gasteiger partial charge is 0.407 e. The van der Waals surface area contributed by atoms with Gasteiger partial charge in [0.1, 0.15) is 6.61 Å². The van der Waals surface area contributed by atoms with Crippen LogP contribution in [0.25, 0.3) is 11.1 Å². The average molecular weight is 345 g/mol. The molecule has 0 aliphatic heterocycles. The Kier molecular flexibility index (Phi) is 5.74. The van der Waals surface area contributed by atoms with E-state index < -0.39 is 24.7 Å². The summed E-state index contributed by atoms with van der Waals surface area (Å²) in [6, 6.07) is 14.5. The number of carbonyl (C=O) groups is 2. The van der Waals surface area contributed by atoms with Gasteiger partial charge in [0.25, 0.3) is 0 Å². The topological polar surface area (TPSA) is 127 Å². The van der Waals surface area contributed by atoms with E-state index in [1.54, 1.807) is 0 Å². The molecule has 0 unspecified atom stereocenters. The van der Waals surface area contributed by atoms with Gasteiger partial charge in [0.15, 0.2) is 6.04 Å². The van der Waals surface area contributed by atoms with Crippen LogP contribution in [0, 0.1) is 0 Å². The zero-order valence-electron chi connectivity index (χ0n) is 13.3. The minimum Gasteiger partial charge on any atom is -0.480 e. The number of ether oxygens (including phenoxy) is 1. The number of nitrogens with one attached hydrogen (secondary N) is 1. The van der Waals surface area contributed by atoms with E-state index in [0.29, 0.717) is 0 Å². The predicted molar refractivity (Wildman–Crippen MR) is 90.3 cm³/mol. The summed E-state index contributed by atoms with van der Waals surface area (Å²) in [4.78, 5) is 22.6. The first kappa shape index (κ1) is 18.4. The predicted octanol–water partition coefficient (Wildman–Crippen LogP) is 1.15. The quantitative estimate of drug-likeness (QED) is 0.749. The van der Waals surface area contributed by atoms with Crippen molar-refractivity contribution in [1.82, 2.24) is 5.32 Å². The molecule has 0 aromatic heterocycles. The van der Waals surface area contributed by atoms with Crippen LogP contribution < -0.4 is 5.32 Å². The van der Waals surface area contributed by atoms with Crippen molar-refractivity contribution in [2.45, 2.75) is 12.0 Å². The molecule has 0 saturated carbocycles. The molecule has 1 aliphatic rings. The molecule has 5 N–H and O–H groups in total. The first-order chi connectivity index (χ1) is 11.6. The molecule has 0 heterocycles. The molecule has 2 aromatic carbocycles. The molecule has 0 fully saturated rings. The number of carboxylic acid groups (broad SMARTS) is 1. The Hall–Kier alpha value is -2.90. The van der Waals surface area contributed by atoms with Crippen LogP contribution in [-0.2, 0) is 9.53 Å². The number of aliphatic carboxylic acids is 1. The number of alkyl carbamates (subject to hydrolysis) is 1. The van der Waals surface area contributed by atoms with Gasteiger partial charge >= 0.3 is 12.1 Å². The Labute approximate surface area is 144 Å². The molecule has 0 radical (unpaired) electrons. The summed E-state index contributed by atoms with van der Waals surface area (Å²) in [6.07, 6.45) is -0.863. The van der Waals surface area contributed by atoms with Gasteiger partial charge in [0, 0.05) is 5.92 Å². The van der Waals surface area contributed by atoms with Crippen molar-refractivity contribution in [3.05, 3.63) is 59.7 Å². The molecule has 1 amide bonds. The van der Waals surface area contributed by atoms with Gasteiger partial charge < -0.3 is 25.7 Å². The molecule has 132 valence electrons. The number of amides is 1. The summed E-state index contributed by atoms with van der Waals surface area (Å²) in [5.41, 5.74) is 4.37. The van der Waals surface area contributed by atoms with Crippen LogP contribution in [0.4, 0.5) is 4.79 Å². The van der Waals surface area contributed by atoms with Crippen molar-refractivity contribution in [1.29, 1.82) is 0 Å². The molecule has 1 atom stereocenters. The maximum atomic E-state index is 11.8. The lowest BCUT2D eigenvalue weighted by atomic mass is 9.98. The van der Waals surface area contributed by atoms with Gasteiger partial charge in [-0.25, -0.2) is 9.59 Å². The standard InChI is InChI=1S/C18H17NO5.H2O/c20-9-16(17(21)22)19-18(23)24-10-15-13-7-3-1-5-11(13)12-6-2-4-8-14(12)15;/h1-8,15-16,20H,9-10H2,(H,19,23)(H,21,22);1H2/t16-;/m0./s1. The Morgan fingerprint density at radius 3 is 2.04 bits per heavy atom. The summed E-state index contributed by atoms with van der Waals surface area (Å²) >= 11 is 0. The number of benzene rings is 2. The molecule has 25 heavy (non-hydrogen) atoms. The molecule has 7 heteroatoms. The fourth-order valence-electron chi connectivity index (χ4n) is 2.97. The van der Waals surface area contributed by atoms with Gasteiger partial charge in [-0.1, -0.05) is 48.5 Å². The van der Waals surface area contributed by atoms with Crippen LogP contribution >= 0.6 is 0 Å². The summed E-state index contributed by atoms with van der Waals surface area (Å²) in [5, 5.41) is 19.9. The van der Waals surface area contributed by atoms with E-state index in [2.05, 4.69) is 5.32 Å².